The van der Waals surface area contributed by atoms with E-state index in [9.17, 15) is 0 Å². The molecule has 8 heavy (non-hydrogen) atoms. The molecular weight excluding hydrogens is 120 g/mol. The molecular formula is C6H10OS. The molecule has 2 heteroatoms. The normalized spacial score (nSPS) is 45.0. The summed E-state index contributed by atoms with van der Waals surface area (Å²) in [6.45, 7) is 1.04. The summed E-state index contributed by atoms with van der Waals surface area (Å²) < 4.78 is 5.17. The molecule has 46 valence electrons. The van der Waals surface area contributed by atoms with Crippen LogP contribution < -0.4 is 0 Å². The van der Waals surface area contributed by atoms with Gasteiger partial charge in [0.05, 0.1) is 12.7 Å². The molecule has 2 saturated heterocycles. The molecule has 0 amide bonds. The molecule has 1 nitrogen and oxygen atoms in total. The minimum Gasteiger partial charge on any atom is -0.372 e. The molecule has 0 bridgehead atoms. The molecule has 2 fully saturated rings. The van der Waals surface area contributed by atoms with E-state index in [0.29, 0.717) is 6.10 Å². The van der Waals surface area contributed by atoms with E-state index in [-0.39, 0.29) is 0 Å². The van der Waals surface area contributed by atoms with Crippen LogP contribution in [-0.2, 0) is 4.74 Å². The van der Waals surface area contributed by atoms with Crippen molar-refractivity contribution in [2.24, 2.45) is 0 Å². The molecule has 0 spiro atoms. The van der Waals surface area contributed by atoms with Crippen LogP contribution in [0, 0.1) is 0 Å². The van der Waals surface area contributed by atoms with Crippen molar-refractivity contribution in [1.29, 1.82) is 0 Å². The van der Waals surface area contributed by atoms with Crippen molar-refractivity contribution in [2.75, 3.05) is 12.4 Å². The minimum atomic E-state index is 0.655. The first-order valence-corrected chi connectivity index (χ1v) is 4.25. The highest BCUT2D eigenvalue weighted by Crippen LogP contribution is 2.34. The Hall–Kier alpha value is 0.310. The molecule has 2 aliphatic rings. The van der Waals surface area contributed by atoms with Crippen LogP contribution in [0.25, 0.3) is 0 Å². The van der Waals surface area contributed by atoms with Crippen molar-refractivity contribution < 1.29 is 4.74 Å². The number of hydrogen-bond acceptors (Lipinski definition) is 2. The van der Waals surface area contributed by atoms with Gasteiger partial charge < -0.3 is 4.74 Å². The molecule has 0 aromatic rings. The number of ether oxygens (including phenoxy) is 1. The predicted octanol–water partition coefficient (Wildman–Crippen LogP) is 1.28. The van der Waals surface area contributed by atoms with E-state index in [1.165, 1.54) is 18.6 Å². The molecule has 0 radical (unpaired) electrons. The van der Waals surface area contributed by atoms with Gasteiger partial charge in [-0.25, -0.2) is 0 Å². The molecule has 0 aliphatic carbocycles. The standard InChI is InChI=1S/C6H10OS/c1-2-6(8-3-1)5-4-7-5/h5-6H,1-4H2/t5-,6?/m0/s1. The number of epoxide rings is 1. The Labute approximate surface area is 53.8 Å². The second kappa shape index (κ2) is 1.92. The Morgan fingerprint density at radius 2 is 2.38 bits per heavy atom. The Bertz CT molecular complexity index is 84.5. The largest absolute Gasteiger partial charge is 0.372 e. The number of rotatable bonds is 1. The van der Waals surface area contributed by atoms with Crippen LogP contribution >= 0.6 is 11.8 Å². The van der Waals surface area contributed by atoms with Crippen molar-refractivity contribution in [3.63, 3.8) is 0 Å². The Balaban J connectivity index is 1.86. The lowest BCUT2D eigenvalue weighted by molar-refractivity contribution is 0.399. The average molecular weight is 130 g/mol. The summed E-state index contributed by atoms with van der Waals surface area (Å²) in [4.78, 5) is 0. The smallest absolute Gasteiger partial charge is 0.0928 e. The van der Waals surface area contributed by atoms with Crippen LogP contribution in [-0.4, -0.2) is 23.7 Å². The average Bonchev–Trinajstić information content (AvgIpc) is 2.49. The van der Waals surface area contributed by atoms with Crippen molar-refractivity contribution in [2.45, 2.75) is 24.2 Å². The van der Waals surface area contributed by atoms with Gasteiger partial charge in [-0.3, -0.25) is 0 Å². The van der Waals surface area contributed by atoms with E-state index in [2.05, 4.69) is 11.8 Å². The summed E-state index contributed by atoms with van der Waals surface area (Å²) in [6, 6.07) is 0. The van der Waals surface area contributed by atoms with Crippen LogP contribution in [0.2, 0.25) is 0 Å². The lowest BCUT2D eigenvalue weighted by atomic mass is 10.2. The van der Waals surface area contributed by atoms with Gasteiger partial charge in [0.25, 0.3) is 0 Å². The van der Waals surface area contributed by atoms with E-state index < -0.39 is 0 Å². The lowest BCUT2D eigenvalue weighted by Gasteiger charge is -1.99. The molecule has 2 rings (SSSR count). The quantitative estimate of drug-likeness (QED) is 0.496. The van der Waals surface area contributed by atoms with Gasteiger partial charge in [-0.2, -0.15) is 11.8 Å². The van der Waals surface area contributed by atoms with Gasteiger partial charge in [-0.1, -0.05) is 0 Å². The fraction of sp³-hybridized carbons (Fsp3) is 1.00. The van der Waals surface area contributed by atoms with Crippen molar-refractivity contribution in [3.8, 4) is 0 Å². The number of thioether (sulfide) groups is 1. The zero-order chi connectivity index (χ0) is 5.40. The second-order valence-electron chi connectivity index (χ2n) is 2.42. The van der Waals surface area contributed by atoms with Crippen LogP contribution in [0.15, 0.2) is 0 Å². The molecule has 0 N–H and O–H groups in total. The summed E-state index contributed by atoms with van der Waals surface area (Å²) in [7, 11) is 0. The zero-order valence-corrected chi connectivity index (χ0v) is 5.62. The Morgan fingerprint density at radius 1 is 1.50 bits per heavy atom. The first kappa shape index (κ1) is 5.12. The van der Waals surface area contributed by atoms with Gasteiger partial charge in [0.1, 0.15) is 0 Å². The highest BCUT2D eigenvalue weighted by Gasteiger charge is 2.34. The summed E-state index contributed by atoms with van der Waals surface area (Å²) in [5.74, 6) is 1.37. The predicted molar refractivity (Wildman–Crippen MR) is 35.2 cm³/mol. The Morgan fingerprint density at radius 3 is 2.88 bits per heavy atom. The van der Waals surface area contributed by atoms with Gasteiger partial charge in [0, 0.05) is 5.25 Å². The molecule has 0 saturated carbocycles. The monoisotopic (exact) mass is 130 g/mol. The van der Waals surface area contributed by atoms with Crippen LogP contribution in [0.5, 0.6) is 0 Å². The first-order chi connectivity index (χ1) is 3.97. The molecule has 2 heterocycles. The number of hydrogen-bond donors (Lipinski definition) is 0. The lowest BCUT2D eigenvalue weighted by Crippen LogP contribution is -2.04. The van der Waals surface area contributed by atoms with Crippen LogP contribution in [0.1, 0.15) is 12.8 Å². The fourth-order valence-corrected chi connectivity index (χ4v) is 2.51. The highest BCUT2D eigenvalue weighted by atomic mass is 32.2. The van der Waals surface area contributed by atoms with E-state index in [1.807, 2.05) is 0 Å². The van der Waals surface area contributed by atoms with Gasteiger partial charge >= 0.3 is 0 Å². The third-order valence-electron chi connectivity index (χ3n) is 1.74. The van der Waals surface area contributed by atoms with Gasteiger partial charge in [-0.15, -0.1) is 0 Å². The molecule has 0 aromatic carbocycles. The van der Waals surface area contributed by atoms with E-state index in [0.717, 1.165) is 11.9 Å². The van der Waals surface area contributed by atoms with Gasteiger partial charge in [0.15, 0.2) is 0 Å². The van der Waals surface area contributed by atoms with Crippen molar-refractivity contribution in [3.05, 3.63) is 0 Å². The van der Waals surface area contributed by atoms with Crippen LogP contribution in [0.4, 0.5) is 0 Å². The van der Waals surface area contributed by atoms with Crippen molar-refractivity contribution in [1.82, 2.24) is 0 Å². The van der Waals surface area contributed by atoms with Gasteiger partial charge in [0.2, 0.25) is 0 Å². The van der Waals surface area contributed by atoms with E-state index in [4.69, 9.17) is 4.74 Å². The maximum absolute atomic E-state index is 5.17. The topological polar surface area (TPSA) is 12.5 Å². The maximum atomic E-state index is 5.17. The molecule has 1 unspecified atom stereocenters. The van der Waals surface area contributed by atoms with Crippen molar-refractivity contribution >= 4 is 11.8 Å². The molecule has 2 atom stereocenters. The molecule has 0 aromatic heterocycles. The first-order valence-electron chi connectivity index (χ1n) is 3.20. The zero-order valence-electron chi connectivity index (χ0n) is 4.80. The summed E-state index contributed by atoms with van der Waals surface area (Å²) in [5, 5.41) is 0.870. The summed E-state index contributed by atoms with van der Waals surface area (Å²) in [5.41, 5.74) is 0. The van der Waals surface area contributed by atoms with E-state index in [1.54, 1.807) is 0 Å². The third kappa shape index (κ3) is 0.869. The summed E-state index contributed by atoms with van der Waals surface area (Å²) in [6.07, 6.45) is 3.47. The Kier molecular flexibility index (Phi) is 1.23. The highest BCUT2D eigenvalue weighted by molar-refractivity contribution is 8.00. The molecule has 2 aliphatic heterocycles. The third-order valence-corrected chi connectivity index (χ3v) is 3.23. The SMILES string of the molecule is C1CSC([C@@H]2CO2)C1. The maximum Gasteiger partial charge on any atom is 0.0928 e. The van der Waals surface area contributed by atoms with Crippen LogP contribution in [0.3, 0.4) is 0 Å². The summed E-state index contributed by atoms with van der Waals surface area (Å²) >= 11 is 2.09. The second-order valence-corrected chi connectivity index (χ2v) is 3.77. The fourth-order valence-electron chi connectivity index (χ4n) is 1.17. The van der Waals surface area contributed by atoms with Gasteiger partial charge in [-0.05, 0) is 18.6 Å². The van der Waals surface area contributed by atoms with E-state index >= 15 is 0 Å². The minimum absolute atomic E-state index is 0.655.